The van der Waals surface area contributed by atoms with Gasteiger partial charge in [-0.1, -0.05) is 19.1 Å². The first-order valence-corrected chi connectivity index (χ1v) is 9.73. The van der Waals surface area contributed by atoms with Crippen LogP contribution in [0.3, 0.4) is 0 Å². The number of hydrogen-bond donors (Lipinski definition) is 2. The summed E-state index contributed by atoms with van der Waals surface area (Å²) in [5.74, 6) is -0.607. The lowest BCUT2D eigenvalue weighted by Crippen LogP contribution is -2.47. The number of amides is 4. The van der Waals surface area contributed by atoms with Gasteiger partial charge in [0.25, 0.3) is 5.91 Å². The molecule has 3 rings (SSSR count). The fraction of sp³-hybridized carbons (Fsp3) is 0.550. The summed E-state index contributed by atoms with van der Waals surface area (Å²) < 4.78 is 13.2. The number of rotatable bonds is 6. The summed E-state index contributed by atoms with van der Waals surface area (Å²) in [5.41, 5.74) is -0.824. The van der Waals surface area contributed by atoms with Gasteiger partial charge in [-0.05, 0) is 56.5 Å². The van der Waals surface area contributed by atoms with Crippen LogP contribution in [0.1, 0.15) is 32.3 Å². The Balaban J connectivity index is 0.00000300. The zero-order valence-corrected chi connectivity index (χ0v) is 17.6. The van der Waals surface area contributed by atoms with Gasteiger partial charge in [0.1, 0.15) is 17.9 Å². The zero-order chi connectivity index (χ0) is 20.3. The maximum Gasteiger partial charge on any atom is 0.325 e. The lowest BCUT2D eigenvalue weighted by molar-refractivity contribution is -0.139. The molecular weight excluding hydrogens is 399 g/mol. The Hall–Kier alpha value is -2.19. The van der Waals surface area contributed by atoms with E-state index in [1.165, 1.54) is 24.3 Å². The first kappa shape index (κ1) is 23.1. The number of halogens is 2. The third-order valence-corrected chi connectivity index (χ3v) is 5.64. The van der Waals surface area contributed by atoms with Gasteiger partial charge in [-0.2, -0.15) is 0 Å². The molecule has 0 saturated carbocycles. The number of likely N-dealkylation sites (tertiary alicyclic amines) is 1. The SMILES string of the molecule is CCNCC1CCN(C(=O)CN2C(=O)NC(C)(c3ccc(F)cc3)C2=O)CC1.Cl. The van der Waals surface area contributed by atoms with Crippen LogP contribution in [0.4, 0.5) is 9.18 Å². The van der Waals surface area contributed by atoms with Crippen molar-refractivity contribution >= 4 is 30.3 Å². The quantitative estimate of drug-likeness (QED) is 0.680. The largest absolute Gasteiger partial charge is 0.341 e. The molecule has 2 heterocycles. The normalized spacial score (nSPS) is 22.4. The molecular formula is C20H28ClFN4O3. The highest BCUT2D eigenvalue weighted by Crippen LogP contribution is 2.29. The molecule has 9 heteroatoms. The molecule has 0 spiro atoms. The summed E-state index contributed by atoms with van der Waals surface area (Å²) in [6, 6.07) is 4.81. The molecule has 0 aromatic heterocycles. The molecule has 2 saturated heterocycles. The molecule has 1 atom stereocenters. The van der Waals surface area contributed by atoms with Crippen LogP contribution in [0, 0.1) is 11.7 Å². The first-order valence-electron chi connectivity index (χ1n) is 9.73. The van der Waals surface area contributed by atoms with Crippen molar-refractivity contribution in [3.8, 4) is 0 Å². The molecule has 0 radical (unpaired) electrons. The number of hydrogen-bond acceptors (Lipinski definition) is 4. The van der Waals surface area contributed by atoms with Crippen molar-refractivity contribution in [1.29, 1.82) is 0 Å². The van der Waals surface area contributed by atoms with Crippen molar-refractivity contribution < 1.29 is 18.8 Å². The van der Waals surface area contributed by atoms with Gasteiger partial charge >= 0.3 is 6.03 Å². The number of nitrogens with one attached hydrogen (secondary N) is 2. The third kappa shape index (κ3) is 4.87. The van der Waals surface area contributed by atoms with Crippen LogP contribution >= 0.6 is 12.4 Å². The van der Waals surface area contributed by atoms with E-state index in [4.69, 9.17) is 0 Å². The van der Waals surface area contributed by atoms with Gasteiger partial charge in [0, 0.05) is 13.1 Å². The molecule has 29 heavy (non-hydrogen) atoms. The zero-order valence-electron chi connectivity index (χ0n) is 16.7. The van der Waals surface area contributed by atoms with E-state index in [2.05, 4.69) is 17.6 Å². The second kappa shape index (κ2) is 9.54. The fourth-order valence-corrected chi connectivity index (χ4v) is 3.79. The van der Waals surface area contributed by atoms with Crippen molar-refractivity contribution in [2.75, 3.05) is 32.7 Å². The van der Waals surface area contributed by atoms with E-state index in [-0.39, 0.29) is 24.9 Å². The Morgan fingerprint density at radius 1 is 1.24 bits per heavy atom. The lowest BCUT2D eigenvalue weighted by atomic mass is 9.92. The van der Waals surface area contributed by atoms with E-state index < -0.39 is 23.3 Å². The standard InChI is InChI=1S/C20H27FN4O3.ClH/c1-3-22-12-14-8-10-24(11-9-14)17(26)13-25-18(27)20(2,23-19(25)28)15-4-6-16(21)7-5-15;/h4-7,14,22H,3,8-13H2,1-2H3,(H,23,28);1H. The van der Waals surface area contributed by atoms with E-state index in [1.54, 1.807) is 11.8 Å². The van der Waals surface area contributed by atoms with Crippen LogP contribution in [0.2, 0.25) is 0 Å². The van der Waals surface area contributed by atoms with Crippen LogP contribution in [-0.4, -0.2) is 60.4 Å². The van der Waals surface area contributed by atoms with Crippen LogP contribution in [0.25, 0.3) is 0 Å². The van der Waals surface area contributed by atoms with Crippen LogP contribution < -0.4 is 10.6 Å². The molecule has 1 unspecified atom stereocenters. The number of piperidine rings is 1. The van der Waals surface area contributed by atoms with Crippen LogP contribution in [-0.2, 0) is 15.1 Å². The summed E-state index contributed by atoms with van der Waals surface area (Å²) in [6.07, 6.45) is 1.82. The van der Waals surface area contributed by atoms with Gasteiger partial charge in [0.2, 0.25) is 5.91 Å². The average Bonchev–Trinajstić information content (AvgIpc) is 2.91. The Kier molecular flexibility index (Phi) is 7.60. The summed E-state index contributed by atoms with van der Waals surface area (Å²) in [5, 5.41) is 5.97. The van der Waals surface area contributed by atoms with E-state index in [0.717, 1.165) is 30.8 Å². The molecule has 0 bridgehead atoms. The molecule has 7 nitrogen and oxygen atoms in total. The highest BCUT2D eigenvalue weighted by Gasteiger charge is 2.49. The minimum Gasteiger partial charge on any atom is -0.341 e. The predicted octanol–water partition coefficient (Wildman–Crippen LogP) is 1.86. The molecule has 0 aliphatic carbocycles. The number of urea groups is 1. The minimum absolute atomic E-state index is 0. The summed E-state index contributed by atoms with van der Waals surface area (Å²) in [7, 11) is 0. The van der Waals surface area contributed by atoms with E-state index in [1.807, 2.05) is 0 Å². The van der Waals surface area contributed by atoms with Crippen molar-refractivity contribution in [3.63, 3.8) is 0 Å². The van der Waals surface area contributed by atoms with Gasteiger partial charge in [0.05, 0.1) is 0 Å². The van der Waals surface area contributed by atoms with Gasteiger partial charge in [0.15, 0.2) is 0 Å². The number of imide groups is 1. The number of benzene rings is 1. The highest BCUT2D eigenvalue weighted by atomic mass is 35.5. The van der Waals surface area contributed by atoms with Crippen LogP contribution in [0.5, 0.6) is 0 Å². The lowest BCUT2D eigenvalue weighted by Gasteiger charge is -2.33. The van der Waals surface area contributed by atoms with E-state index in [0.29, 0.717) is 24.6 Å². The molecule has 2 aliphatic rings. The summed E-state index contributed by atoms with van der Waals surface area (Å²) in [6.45, 7) is 6.49. The number of nitrogens with zero attached hydrogens (tertiary/aromatic N) is 2. The van der Waals surface area contributed by atoms with Gasteiger partial charge in [-0.15, -0.1) is 12.4 Å². The van der Waals surface area contributed by atoms with Gasteiger partial charge < -0.3 is 15.5 Å². The van der Waals surface area contributed by atoms with E-state index >= 15 is 0 Å². The Morgan fingerprint density at radius 3 is 2.45 bits per heavy atom. The highest BCUT2D eigenvalue weighted by molar-refractivity contribution is 6.09. The van der Waals surface area contributed by atoms with Crippen molar-refractivity contribution in [2.24, 2.45) is 5.92 Å². The Labute approximate surface area is 176 Å². The van der Waals surface area contributed by atoms with Crippen molar-refractivity contribution in [2.45, 2.75) is 32.2 Å². The second-order valence-electron chi connectivity index (χ2n) is 7.59. The third-order valence-electron chi connectivity index (χ3n) is 5.64. The van der Waals surface area contributed by atoms with E-state index in [9.17, 15) is 18.8 Å². The maximum atomic E-state index is 13.2. The maximum absolute atomic E-state index is 13.2. The average molecular weight is 427 g/mol. The topological polar surface area (TPSA) is 81.8 Å². The monoisotopic (exact) mass is 426 g/mol. The number of carbonyl (C=O) groups is 3. The summed E-state index contributed by atoms with van der Waals surface area (Å²) in [4.78, 5) is 40.6. The predicted molar refractivity (Wildman–Crippen MR) is 109 cm³/mol. The molecule has 2 N–H and O–H groups in total. The first-order chi connectivity index (χ1) is 13.3. The van der Waals surface area contributed by atoms with Gasteiger partial charge in [-0.25, -0.2) is 9.18 Å². The Morgan fingerprint density at radius 2 is 1.86 bits per heavy atom. The fourth-order valence-electron chi connectivity index (χ4n) is 3.79. The smallest absolute Gasteiger partial charge is 0.325 e. The van der Waals surface area contributed by atoms with Gasteiger partial charge in [-0.3, -0.25) is 14.5 Å². The Bertz CT molecular complexity index is 753. The molecule has 4 amide bonds. The van der Waals surface area contributed by atoms with Crippen molar-refractivity contribution in [1.82, 2.24) is 20.4 Å². The molecule has 2 aliphatic heterocycles. The van der Waals surface area contributed by atoms with Crippen molar-refractivity contribution in [3.05, 3.63) is 35.6 Å². The number of carbonyl (C=O) groups excluding carboxylic acids is 3. The second-order valence-corrected chi connectivity index (χ2v) is 7.59. The van der Waals surface area contributed by atoms with Crippen LogP contribution in [0.15, 0.2) is 24.3 Å². The molecule has 1 aromatic rings. The molecule has 2 fully saturated rings. The molecule has 160 valence electrons. The summed E-state index contributed by atoms with van der Waals surface area (Å²) >= 11 is 0. The molecule has 1 aromatic carbocycles. The minimum atomic E-state index is -1.30.